The number of nitrogens with one attached hydrogen (secondary N) is 2. The van der Waals surface area contributed by atoms with Crippen molar-refractivity contribution < 1.29 is 14.3 Å². The van der Waals surface area contributed by atoms with Gasteiger partial charge < -0.3 is 20.8 Å². The van der Waals surface area contributed by atoms with Crippen LogP contribution >= 0.6 is 0 Å². The van der Waals surface area contributed by atoms with Crippen molar-refractivity contribution in [2.24, 2.45) is 11.1 Å². The van der Waals surface area contributed by atoms with E-state index < -0.39 is 17.6 Å². The van der Waals surface area contributed by atoms with Crippen LogP contribution in [0.5, 0.6) is 0 Å². The minimum atomic E-state index is -0.529. The fourth-order valence-corrected chi connectivity index (χ4v) is 2.53. The molecule has 0 aliphatic heterocycles. The lowest BCUT2D eigenvalue weighted by molar-refractivity contribution is 0.0531. The van der Waals surface area contributed by atoms with Gasteiger partial charge in [-0.2, -0.15) is 0 Å². The largest absolute Gasteiger partial charge is 0.444 e. The minimum absolute atomic E-state index is 0.298. The molecule has 0 aromatic carbocycles. The molecule has 2 amide bonds. The molecule has 1 aliphatic carbocycles. The van der Waals surface area contributed by atoms with Crippen molar-refractivity contribution in [2.45, 2.75) is 40.2 Å². The van der Waals surface area contributed by atoms with E-state index in [0.717, 1.165) is 16.1 Å². The zero-order valence-corrected chi connectivity index (χ0v) is 14.8. The molecular formula is C18H25N3O3. The molecule has 0 fully saturated rings. The molecule has 1 aromatic heterocycles. The van der Waals surface area contributed by atoms with E-state index in [0.29, 0.717) is 12.2 Å². The Morgan fingerprint density at radius 3 is 2.54 bits per heavy atom. The van der Waals surface area contributed by atoms with Gasteiger partial charge in [0.15, 0.2) is 0 Å². The maximum atomic E-state index is 11.8. The second-order valence-corrected chi connectivity index (χ2v) is 7.50. The van der Waals surface area contributed by atoms with Crippen LogP contribution in [0.3, 0.4) is 0 Å². The van der Waals surface area contributed by atoms with Crippen LogP contribution < -0.4 is 21.6 Å². The first-order valence-corrected chi connectivity index (χ1v) is 7.88. The summed E-state index contributed by atoms with van der Waals surface area (Å²) in [6.45, 7) is 9.95. The van der Waals surface area contributed by atoms with Crippen molar-refractivity contribution >= 4 is 24.2 Å². The topological polar surface area (TPSA) is 97.2 Å². The number of H-pyrrole nitrogens is 1. The third kappa shape index (κ3) is 4.28. The predicted molar refractivity (Wildman–Crippen MR) is 93.6 cm³/mol. The second-order valence-electron chi connectivity index (χ2n) is 7.50. The lowest BCUT2D eigenvalue weighted by Gasteiger charge is -2.25. The minimum Gasteiger partial charge on any atom is -0.444 e. The molecule has 0 bridgehead atoms. The molecule has 1 aromatic rings. The third-order valence-corrected chi connectivity index (χ3v) is 3.76. The molecule has 2 rings (SSSR count). The number of alkyl carbamates (subject to hydrolysis) is 1. The number of nitrogens with two attached hydrogens (primary N) is 1. The van der Waals surface area contributed by atoms with E-state index in [9.17, 15) is 9.59 Å². The van der Waals surface area contributed by atoms with E-state index in [1.807, 2.05) is 32.9 Å². The van der Waals surface area contributed by atoms with Gasteiger partial charge in [-0.05, 0) is 43.7 Å². The van der Waals surface area contributed by atoms with Gasteiger partial charge in [0.25, 0.3) is 5.91 Å². The smallest absolute Gasteiger partial charge is 0.407 e. The molecule has 0 spiro atoms. The highest BCUT2D eigenvalue weighted by Gasteiger charge is 2.23. The van der Waals surface area contributed by atoms with Crippen LogP contribution in [0, 0.1) is 5.41 Å². The number of allylic oxidation sites excluding steroid dienone is 1. The van der Waals surface area contributed by atoms with E-state index in [2.05, 4.69) is 30.2 Å². The van der Waals surface area contributed by atoms with Crippen LogP contribution in [0.1, 0.15) is 45.1 Å². The zero-order valence-electron chi connectivity index (χ0n) is 14.8. The quantitative estimate of drug-likeness (QED) is 0.775. The van der Waals surface area contributed by atoms with E-state index in [1.165, 1.54) is 0 Å². The summed E-state index contributed by atoms with van der Waals surface area (Å²) in [4.78, 5) is 26.2. The Balaban J connectivity index is 2.22. The highest BCUT2D eigenvalue weighted by molar-refractivity contribution is 5.91. The van der Waals surface area contributed by atoms with Crippen LogP contribution in [0.25, 0.3) is 12.2 Å². The van der Waals surface area contributed by atoms with Crippen LogP contribution in [0.2, 0.25) is 0 Å². The standard InChI is InChI=1S/C18H25N3O3/c1-17(2,3)24-16(23)20-10-12-6-7-13-11(9-18(12,4)5)8-14(21-13)15(19)22/h6-9,21H,10H2,1-5H3,(H2,19,22)(H,20,23). The van der Waals surface area contributed by atoms with Crippen LogP contribution in [-0.2, 0) is 4.74 Å². The fourth-order valence-electron chi connectivity index (χ4n) is 2.53. The number of carbonyl (C=O) groups is 2. The predicted octanol–water partition coefficient (Wildman–Crippen LogP) is 1.17. The average molecular weight is 331 g/mol. The van der Waals surface area contributed by atoms with Crippen LogP contribution in [0.15, 0.2) is 17.7 Å². The zero-order chi connectivity index (χ0) is 18.1. The van der Waals surface area contributed by atoms with Gasteiger partial charge in [0, 0.05) is 17.3 Å². The maximum absolute atomic E-state index is 11.8. The molecule has 0 saturated carbocycles. The van der Waals surface area contributed by atoms with Gasteiger partial charge in [0.05, 0.1) is 0 Å². The van der Waals surface area contributed by atoms with Crippen molar-refractivity contribution in [3.05, 3.63) is 34.0 Å². The number of amides is 2. The summed E-state index contributed by atoms with van der Waals surface area (Å²) < 4.78 is 5.26. The number of carbonyl (C=O) groups excluding carboxylic acids is 2. The molecule has 0 radical (unpaired) electrons. The van der Waals surface area contributed by atoms with E-state index >= 15 is 0 Å². The fraction of sp³-hybridized carbons (Fsp3) is 0.444. The maximum Gasteiger partial charge on any atom is 0.407 e. The molecule has 0 atom stereocenters. The number of hydrogen-bond acceptors (Lipinski definition) is 3. The normalized spacial score (nSPS) is 16.0. The van der Waals surface area contributed by atoms with E-state index in [4.69, 9.17) is 10.5 Å². The van der Waals surface area contributed by atoms with Gasteiger partial charge in [-0.3, -0.25) is 4.79 Å². The summed E-state index contributed by atoms with van der Waals surface area (Å²) in [6, 6.07) is 1.74. The Morgan fingerprint density at radius 1 is 1.29 bits per heavy atom. The number of hydrogen-bond donors (Lipinski definition) is 3. The van der Waals surface area contributed by atoms with Crippen molar-refractivity contribution in [3.63, 3.8) is 0 Å². The third-order valence-electron chi connectivity index (χ3n) is 3.76. The van der Waals surface area contributed by atoms with Crippen LogP contribution in [0.4, 0.5) is 4.79 Å². The van der Waals surface area contributed by atoms with E-state index in [-0.39, 0.29) is 5.41 Å². The first-order chi connectivity index (χ1) is 11.0. The molecule has 1 aliphatic rings. The molecule has 4 N–H and O–H groups in total. The molecule has 6 heteroatoms. The lowest BCUT2D eigenvalue weighted by Crippen LogP contribution is -2.35. The lowest BCUT2D eigenvalue weighted by atomic mass is 9.83. The number of fused-ring (bicyclic) bond motifs is 1. The summed E-state index contributed by atoms with van der Waals surface area (Å²) >= 11 is 0. The number of aromatic amines is 1. The summed E-state index contributed by atoms with van der Waals surface area (Å²) in [5, 5.41) is 4.52. The number of primary amides is 1. The number of aromatic nitrogens is 1. The summed E-state index contributed by atoms with van der Waals surface area (Å²) in [6.07, 6.45) is 5.44. The SMILES string of the molecule is CC(C)(C)OC(=O)NCC1=CC=c2[nH]c(C(N)=O)cc2=CC1(C)C. The molecule has 130 valence electrons. The molecule has 0 unspecified atom stereocenters. The van der Waals surface area contributed by atoms with Crippen molar-refractivity contribution in [1.82, 2.24) is 10.3 Å². The Hall–Kier alpha value is -2.50. The number of rotatable bonds is 3. The van der Waals surface area contributed by atoms with Crippen molar-refractivity contribution in [2.75, 3.05) is 6.54 Å². The highest BCUT2D eigenvalue weighted by Crippen LogP contribution is 2.28. The average Bonchev–Trinajstić information content (AvgIpc) is 2.74. The van der Waals surface area contributed by atoms with Crippen LogP contribution in [-0.4, -0.2) is 29.1 Å². The first kappa shape index (κ1) is 17.8. The first-order valence-electron chi connectivity index (χ1n) is 7.88. The molecular weight excluding hydrogens is 306 g/mol. The highest BCUT2D eigenvalue weighted by atomic mass is 16.6. The molecule has 0 saturated heterocycles. The van der Waals surface area contributed by atoms with Gasteiger partial charge in [0.2, 0.25) is 0 Å². The van der Waals surface area contributed by atoms with Gasteiger partial charge >= 0.3 is 6.09 Å². The Labute approximate surface area is 141 Å². The second kappa shape index (κ2) is 6.19. The Kier molecular flexibility index (Phi) is 4.60. The molecule has 6 nitrogen and oxygen atoms in total. The summed E-state index contributed by atoms with van der Waals surface area (Å²) in [7, 11) is 0. The van der Waals surface area contributed by atoms with Crippen molar-refractivity contribution in [3.8, 4) is 0 Å². The van der Waals surface area contributed by atoms with Gasteiger partial charge in [-0.15, -0.1) is 0 Å². The van der Waals surface area contributed by atoms with E-state index in [1.54, 1.807) is 6.07 Å². The monoisotopic (exact) mass is 331 g/mol. The summed E-state index contributed by atoms with van der Waals surface area (Å²) in [5.74, 6) is -0.488. The Morgan fingerprint density at radius 2 is 1.96 bits per heavy atom. The van der Waals surface area contributed by atoms with Crippen molar-refractivity contribution in [1.29, 1.82) is 0 Å². The molecule has 1 heterocycles. The van der Waals surface area contributed by atoms with Gasteiger partial charge in [-0.1, -0.05) is 26.0 Å². The Bertz CT molecular complexity index is 808. The number of ether oxygens (including phenoxy) is 1. The molecule has 24 heavy (non-hydrogen) atoms. The van der Waals surface area contributed by atoms with Gasteiger partial charge in [0.1, 0.15) is 11.3 Å². The van der Waals surface area contributed by atoms with Gasteiger partial charge in [-0.25, -0.2) is 4.79 Å². The summed E-state index contributed by atoms with van der Waals surface area (Å²) in [5.41, 5.74) is 5.90.